The van der Waals surface area contributed by atoms with E-state index in [9.17, 15) is 5.11 Å². The quantitative estimate of drug-likeness (QED) is 0.826. The molecule has 0 aromatic heterocycles. The van der Waals surface area contributed by atoms with Crippen molar-refractivity contribution in [2.75, 3.05) is 20.6 Å². The number of aliphatic hydroxyl groups excluding tert-OH is 1. The fourth-order valence-electron chi connectivity index (χ4n) is 5.41. The van der Waals surface area contributed by atoms with E-state index >= 15 is 0 Å². The van der Waals surface area contributed by atoms with E-state index in [4.69, 9.17) is 0 Å². The standard InChI is InChI=1S/C20H32N2O.C4H8/c1-16-19(21(2)3)18(23)12-15-22(16)20(13-8-5-9-14-20)17-10-6-4-7-11-17;1-2-4-3-1/h4,6-7,10-11,16,18-19,23H,5,8-9,12-15H2,1-3H3;1-4H2. The van der Waals surface area contributed by atoms with Gasteiger partial charge in [-0.3, -0.25) is 4.90 Å². The molecule has 1 saturated heterocycles. The summed E-state index contributed by atoms with van der Waals surface area (Å²) in [5.41, 5.74) is 1.63. The third kappa shape index (κ3) is 4.58. The first kappa shape index (κ1) is 20.8. The molecule has 3 heteroatoms. The summed E-state index contributed by atoms with van der Waals surface area (Å²) < 4.78 is 0. The zero-order valence-electron chi connectivity index (χ0n) is 17.7. The van der Waals surface area contributed by atoms with Crippen molar-refractivity contribution in [3.05, 3.63) is 35.9 Å². The number of nitrogens with zero attached hydrogens (tertiary/aromatic N) is 2. The van der Waals surface area contributed by atoms with Crippen LogP contribution in [0.25, 0.3) is 0 Å². The first-order valence-electron chi connectivity index (χ1n) is 11.2. The normalized spacial score (nSPS) is 30.9. The number of hydrogen-bond acceptors (Lipinski definition) is 3. The average molecular weight is 373 g/mol. The number of aliphatic hydroxyl groups is 1. The molecule has 2 saturated carbocycles. The van der Waals surface area contributed by atoms with E-state index in [1.165, 1.54) is 63.4 Å². The van der Waals surface area contributed by atoms with E-state index in [1.807, 2.05) is 0 Å². The Morgan fingerprint density at radius 3 is 2.00 bits per heavy atom. The molecule has 1 aliphatic heterocycles. The van der Waals surface area contributed by atoms with Crippen molar-refractivity contribution in [1.82, 2.24) is 9.80 Å². The van der Waals surface area contributed by atoms with E-state index in [1.54, 1.807) is 0 Å². The lowest BCUT2D eigenvalue weighted by molar-refractivity contribution is -0.0853. The van der Waals surface area contributed by atoms with Gasteiger partial charge in [0, 0.05) is 18.1 Å². The summed E-state index contributed by atoms with van der Waals surface area (Å²) in [6.45, 7) is 3.31. The van der Waals surface area contributed by atoms with Gasteiger partial charge in [0.15, 0.2) is 0 Å². The fourth-order valence-corrected chi connectivity index (χ4v) is 5.41. The van der Waals surface area contributed by atoms with Gasteiger partial charge in [-0.05, 0) is 45.8 Å². The third-order valence-electron chi connectivity index (χ3n) is 7.18. The maximum absolute atomic E-state index is 10.5. The molecule has 2 aliphatic carbocycles. The molecule has 1 aromatic carbocycles. The van der Waals surface area contributed by atoms with Crippen LogP contribution in [0, 0.1) is 0 Å². The van der Waals surface area contributed by atoms with Crippen LogP contribution in [0.4, 0.5) is 0 Å². The van der Waals surface area contributed by atoms with E-state index in [0.29, 0.717) is 6.04 Å². The molecule has 0 radical (unpaired) electrons. The van der Waals surface area contributed by atoms with Crippen LogP contribution < -0.4 is 0 Å². The molecule has 4 rings (SSSR count). The predicted octanol–water partition coefficient (Wildman–Crippen LogP) is 4.79. The minimum Gasteiger partial charge on any atom is -0.391 e. The van der Waals surface area contributed by atoms with E-state index < -0.39 is 0 Å². The molecule has 1 N–H and O–H groups in total. The molecular formula is C24H40N2O. The van der Waals surface area contributed by atoms with Crippen LogP contribution in [-0.2, 0) is 5.54 Å². The largest absolute Gasteiger partial charge is 0.391 e. The van der Waals surface area contributed by atoms with Crippen LogP contribution >= 0.6 is 0 Å². The van der Waals surface area contributed by atoms with Gasteiger partial charge in [-0.25, -0.2) is 0 Å². The molecule has 3 unspecified atom stereocenters. The minimum absolute atomic E-state index is 0.160. The Hall–Kier alpha value is -0.900. The van der Waals surface area contributed by atoms with Gasteiger partial charge >= 0.3 is 0 Å². The van der Waals surface area contributed by atoms with Gasteiger partial charge < -0.3 is 10.0 Å². The lowest BCUT2D eigenvalue weighted by Gasteiger charge is -2.55. The minimum atomic E-state index is -0.215. The molecule has 152 valence electrons. The Labute approximate surface area is 166 Å². The van der Waals surface area contributed by atoms with E-state index in [2.05, 4.69) is 61.2 Å². The highest BCUT2D eigenvalue weighted by molar-refractivity contribution is 5.26. The van der Waals surface area contributed by atoms with Crippen LogP contribution in [0.5, 0.6) is 0 Å². The highest BCUT2D eigenvalue weighted by atomic mass is 16.3. The summed E-state index contributed by atoms with van der Waals surface area (Å²) >= 11 is 0. The second kappa shape index (κ2) is 9.54. The van der Waals surface area contributed by atoms with Gasteiger partial charge in [0.1, 0.15) is 0 Å². The molecule has 3 aliphatic rings. The lowest BCUT2D eigenvalue weighted by Crippen LogP contribution is -2.64. The third-order valence-corrected chi connectivity index (χ3v) is 7.18. The maximum atomic E-state index is 10.5. The monoisotopic (exact) mass is 372 g/mol. The van der Waals surface area contributed by atoms with Crippen LogP contribution in [0.15, 0.2) is 30.3 Å². The molecule has 0 spiro atoms. The van der Waals surface area contributed by atoms with Crippen LogP contribution in [0.3, 0.4) is 0 Å². The van der Waals surface area contributed by atoms with Crippen molar-refractivity contribution >= 4 is 0 Å². The topological polar surface area (TPSA) is 26.7 Å². The van der Waals surface area contributed by atoms with Crippen molar-refractivity contribution in [2.24, 2.45) is 0 Å². The Kier molecular flexibility index (Phi) is 7.35. The Bertz CT molecular complexity index is 545. The number of rotatable bonds is 3. The molecule has 1 aromatic rings. The summed E-state index contributed by atoms with van der Waals surface area (Å²) in [5, 5.41) is 10.5. The highest BCUT2D eigenvalue weighted by Gasteiger charge is 2.47. The Morgan fingerprint density at radius 1 is 0.926 bits per heavy atom. The SMILES string of the molecule is C1CCC1.CC1C(N(C)C)C(O)CCN1C1(c2ccccc2)CCCCC1. The summed E-state index contributed by atoms with van der Waals surface area (Å²) in [4.78, 5) is 4.93. The van der Waals surface area contributed by atoms with Crippen LogP contribution in [0.2, 0.25) is 0 Å². The van der Waals surface area contributed by atoms with Crippen LogP contribution in [-0.4, -0.2) is 53.7 Å². The molecule has 0 amide bonds. The second-order valence-corrected chi connectivity index (χ2v) is 9.12. The molecule has 3 atom stereocenters. The number of benzene rings is 1. The second-order valence-electron chi connectivity index (χ2n) is 9.12. The molecular weight excluding hydrogens is 332 g/mol. The summed E-state index contributed by atoms with van der Waals surface area (Å²) in [6, 6.07) is 11.7. The fraction of sp³-hybridized carbons (Fsp3) is 0.750. The smallest absolute Gasteiger partial charge is 0.0722 e. The number of likely N-dealkylation sites (N-methyl/N-ethyl adjacent to an activating group) is 1. The van der Waals surface area contributed by atoms with E-state index in [-0.39, 0.29) is 17.7 Å². The molecule has 0 bridgehead atoms. The van der Waals surface area contributed by atoms with Gasteiger partial charge in [-0.1, -0.05) is 75.3 Å². The number of likely N-dealkylation sites (tertiary alicyclic amines) is 1. The predicted molar refractivity (Wildman–Crippen MR) is 114 cm³/mol. The van der Waals surface area contributed by atoms with Gasteiger partial charge in [-0.15, -0.1) is 0 Å². The number of hydrogen-bond donors (Lipinski definition) is 1. The Balaban J connectivity index is 0.000000466. The number of piperidine rings is 1. The van der Waals surface area contributed by atoms with E-state index in [0.717, 1.165) is 13.0 Å². The Morgan fingerprint density at radius 2 is 1.48 bits per heavy atom. The zero-order chi connectivity index (χ0) is 19.3. The maximum Gasteiger partial charge on any atom is 0.0722 e. The van der Waals surface area contributed by atoms with Gasteiger partial charge in [0.2, 0.25) is 0 Å². The highest BCUT2D eigenvalue weighted by Crippen LogP contribution is 2.45. The molecule has 1 heterocycles. The first-order valence-corrected chi connectivity index (χ1v) is 11.2. The zero-order valence-corrected chi connectivity index (χ0v) is 17.7. The summed E-state index contributed by atoms with van der Waals surface area (Å²) in [5.74, 6) is 0. The van der Waals surface area contributed by atoms with Gasteiger partial charge in [0.25, 0.3) is 0 Å². The van der Waals surface area contributed by atoms with Crippen molar-refractivity contribution in [3.63, 3.8) is 0 Å². The lowest BCUT2D eigenvalue weighted by atomic mass is 9.73. The summed E-state index contributed by atoms with van der Waals surface area (Å²) in [7, 11) is 4.20. The van der Waals surface area contributed by atoms with Crippen molar-refractivity contribution in [3.8, 4) is 0 Å². The van der Waals surface area contributed by atoms with Gasteiger partial charge in [-0.2, -0.15) is 0 Å². The molecule has 3 fully saturated rings. The summed E-state index contributed by atoms with van der Waals surface area (Å²) in [6.07, 6.45) is 13.1. The van der Waals surface area contributed by atoms with Gasteiger partial charge in [0.05, 0.1) is 12.1 Å². The van der Waals surface area contributed by atoms with Crippen molar-refractivity contribution in [1.29, 1.82) is 0 Å². The van der Waals surface area contributed by atoms with Crippen LogP contribution in [0.1, 0.15) is 76.7 Å². The molecule has 3 nitrogen and oxygen atoms in total. The van der Waals surface area contributed by atoms with Crippen molar-refractivity contribution in [2.45, 2.75) is 94.9 Å². The molecule has 27 heavy (non-hydrogen) atoms. The van der Waals surface area contributed by atoms with Crippen molar-refractivity contribution < 1.29 is 5.11 Å². The first-order chi connectivity index (χ1) is 13.1. The average Bonchev–Trinajstić information content (AvgIpc) is 2.61.